The molecule has 0 aliphatic carbocycles. The molecule has 0 aromatic rings. The van der Waals surface area contributed by atoms with Gasteiger partial charge in [0.05, 0.1) is 43.1 Å². The zero-order valence-corrected chi connectivity index (χ0v) is 11.6. The fourth-order valence-electron chi connectivity index (χ4n) is 1.46. The number of hydrogen-bond donors (Lipinski definition) is 1. The van der Waals surface area contributed by atoms with Crippen molar-refractivity contribution < 1.29 is 30.4 Å². The molecule has 0 heterocycles. The van der Waals surface area contributed by atoms with Crippen LogP contribution in [-0.2, 0) is 20.2 Å². The standard InChI is InChI=1S/C8H19NO6S2.CH4/c1-9(2,5-3-7-16(10,11)12)6-4-8-17(13,14)15;/h3-8H2,1-2H3,(H-,10,11,12,13,14,15);1H4. The van der Waals surface area contributed by atoms with E-state index < -0.39 is 26.0 Å². The molecule has 0 fully saturated rings. The molecular weight excluding hydrogens is 282 g/mol. The highest BCUT2D eigenvalue weighted by Gasteiger charge is 2.16. The van der Waals surface area contributed by atoms with Crippen molar-refractivity contribution in [3.8, 4) is 0 Å². The molecule has 0 spiro atoms. The summed E-state index contributed by atoms with van der Waals surface area (Å²) in [6.45, 7) is 0.950. The van der Waals surface area contributed by atoms with E-state index >= 15 is 0 Å². The summed E-state index contributed by atoms with van der Waals surface area (Å²) in [4.78, 5) is 0. The molecule has 0 atom stereocenters. The van der Waals surface area contributed by atoms with Crippen molar-refractivity contribution in [2.24, 2.45) is 0 Å². The average Bonchev–Trinajstić information content (AvgIpc) is 1.96. The summed E-state index contributed by atoms with van der Waals surface area (Å²) in [5.74, 6) is -0.721. The largest absolute Gasteiger partial charge is 0.748 e. The summed E-state index contributed by atoms with van der Waals surface area (Å²) in [5, 5.41) is 0. The molecule has 112 valence electrons. The Kier molecular flexibility index (Phi) is 8.25. The second-order valence-electron chi connectivity index (χ2n) is 4.64. The van der Waals surface area contributed by atoms with Gasteiger partial charge in [0.15, 0.2) is 0 Å². The van der Waals surface area contributed by atoms with Gasteiger partial charge in [-0.3, -0.25) is 4.55 Å². The van der Waals surface area contributed by atoms with Crippen LogP contribution in [-0.4, -0.2) is 69.1 Å². The van der Waals surface area contributed by atoms with Crippen molar-refractivity contribution in [1.82, 2.24) is 0 Å². The van der Waals surface area contributed by atoms with Gasteiger partial charge in [-0.2, -0.15) is 8.42 Å². The maximum atomic E-state index is 10.5. The van der Waals surface area contributed by atoms with E-state index in [1.165, 1.54) is 0 Å². The molecule has 18 heavy (non-hydrogen) atoms. The number of hydrogen-bond acceptors (Lipinski definition) is 5. The molecule has 9 heteroatoms. The van der Waals surface area contributed by atoms with E-state index in [4.69, 9.17) is 4.55 Å². The van der Waals surface area contributed by atoms with Crippen LogP contribution < -0.4 is 0 Å². The molecule has 0 saturated carbocycles. The van der Waals surface area contributed by atoms with E-state index in [0.29, 0.717) is 17.6 Å². The van der Waals surface area contributed by atoms with Gasteiger partial charge in [0, 0.05) is 18.6 Å². The molecule has 0 bridgehead atoms. The SMILES string of the molecule is C.C[N+](C)(CCCS(=O)(=O)[O-])CCCS(=O)(=O)O. The van der Waals surface area contributed by atoms with Crippen molar-refractivity contribution in [2.75, 3.05) is 38.7 Å². The van der Waals surface area contributed by atoms with E-state index in [0.717, 1.165) is 0 Å². The molecule has 0 rings (SSSR count). The summed E-state index contributed by atoms with van der Waals surface area (Å²) in [7, 11) is -4.52. The van der Waals surface area contributed by atoms with E-state index in [1.807, 2.05) is 0 Å². The number of rotatable bonds is 8. The molecule has 1 N–H and O–H groups in total. The third-order valence-corrected chi connectivity index (χ3v) is 3.92. The van der Waals surface area contributed by atoms with Gasteiger partial charge >= 0.3 is 0 Å². The predicted molar refractivity (Wildman–Crippen MR) is 68.8 cm³/mol. The van der Waals surface area contributed by atoms with Crippen LogP contribution >= 0.6 is 0 Å². The molecule has 0 amide bonds. The van der Waals surface area contributed by atoms with E-state index in [9.17, 15) is 21.4 Å². The quantitative estimate of drug-likeness (QED) is 0.495. The third kappa shape index (κ3) is 13.8. The summed E-state index contributed by atoms with van der Waals surface area (Å²) < 4.78 is 61.1. The molecular formula is C9H23NO6S2. The second-order valence-corrected chi connectivity index (χ2v) is 7.73. The Morgan fingerprint density at radius 1 is 1.00 bits per heavy atom. The van der Waals surface area contributed by atoms with Crippen molar-refractivity contribution in [3.63, 3.8) is 0 Å². The van der Waals surface area contributed by atoms with E-state index in [2.05, 4.69) is 0 Å². The summed E-state index contributed by atoms with van der Waals surface area (Å²) in [6, 6.07) is 0. The molecule has 0 aromatic carbocycles. The Labute approximate surface area is 110 Å². The Morgan fingerprint density at radius 3 is 1.72 bits per heavy atom. The Morgan fingerprint density at radius 2 is 1.39 bits per heavy atom. The first kappa shape index (κ1) is 20.1. The second kappa shape index (κ2) is 7.39. The molecule has 0 unspecified atom stereocenters. The average molecular weight is 305 g/mol. The van der Waals surface area contributed by atoms with Crippen LogP contribution in [0.2, 0.25) is 0 Å². The van der Waals surface area contributed by atoms with Crippen molar-refractivity contribution in [2.45, 2.75) is 20.3 Å². The first-order valence-electron chi connectivity index (χ1n) is 5.12. The highest BCUT2D eigenvalue weighted by atomic mass is 32.2. The van der Waals surface area contributed by atoms with Gasteiger partial charge in [-0.05, 0) is 0 Å². The minimum atomic E-state index is -4.19. The molecule has 0 aliphatic rings. The summed E-state index contributed by atoms with van der Waals surface area (Å²) in [6.07, 6.45) is 0.528. The topological polar surface area (TPSA) is 112 Å². The smallest absolute Gasteiger partial charge is 0.265 e. The van der Waals surface area contributed by atoms with Crippen molar-refractivity contribution in [3.05, 3.63) is 0 Å². The van der Waals surface area contributed by atoms with E-state index in [-0.39, 0.29) is 26.0 Å². The van der Waals surface area contributed by atoms with E-state index in [1.54, 1.807) is 14.1 Å². The minimum absolute atomic E-state index is 0. The lowest BCUT2D eigenvalue weighted by Crippen LogP contribution is -2.42. The van der Waals surface area contributed by atoms with Gasteiger partial charge in [-0.15, -0.1) is 0 Å². The van der Waals surface area contributed by atoms with Crippen LogP contribution in [0.25, 0.3) is 0 Å². The molecule has 0 saturated heterocycles. The Bertz CT molecular complexity index is 386. The highest BCUT2D eigenvalue weighted by Crippen LogP contribution is 2.03. The maximum Gasteiger partial charge on any atom is 0.265 e. The van der Waals surface area contributed by atoms with Crippen molar-refractivity contribution in [1.29, 1.82) is 0 Å². The minimum Gasteiger partial charge on any atom is -0.748 e. The van der Waals surface area contributed by atoms with Gasteiger partial charge in [0.2, 0.25) is 0 Å². The zero-order valence-electron chi connectivity index (χ0n) is 9.99. The lowest BCUT2D eigenvalue weighted by molar-refractivity contribution is -0.890. The Hall–Kier alpha value is -0.220. The highest BCUT2D eigenvalue weighted by molar-refractivity contribution is 7.85. The fraction of sp³-hybridized carbons (Fsp3) is 1.00. The molecule has 0 aromatic heterocycles. The maximum absolute atomic E-state index is 10.5. The summed E-state index contributed by atoms with van der Waals surface area (Å²) in [5.41, 5.74) is 0. The van der Waals surface area contributed by atoms with Crippen LogP contribution in [0.5, 0.6) is 0 Å². The monoisotopic (exact) mass is 305 g/mol. The van der Waals surface area contributed by atoms with Crippen LogP contribution in [0.4, 0.5) is 0 Å². The normalized spacial score (nSPS) is 13.1. The van der Waals surface area contributed by atoms with Gasteiger partial charge in [0.1, 0.15) is 0 Å². The predicted octanol–water partition coefficient (Wildman–Crippen LogP) is -0.0879. The fourth-order valence-corrected chi connectivity index (χ4v) is 2.43. The molecule has 0 radical (unpaired) electrons. The van der Waals surface area contributed by atoms with Crippen LogP contribution in [0.1, 0.15) is 20.3 Å². The van der Waals surface area contributed by atoms with Gasteiger partial charge in [-0.25, -0.2) is 8.42 Å². The lowest BCUT2D eigenvalue weighted by atomic mass is 10.3. The Balaban J connectivity index is 0. The molecule has 0 aliphatic heterocycles. The summed E-state index contributed by atoms with van der Waals surface area (Å²) >= 11 is 0. The first-order chi connectivity index (χ1) is 7.41. The third-order valence-electron chi connectivity index (χ3n) is 2.32. The molecule has 7 nitrogen and oxygen atoms in total. The zero-order chi connectivity index (χ0) is 13.7. The van der Waals surface area contributed by atoms with Crippen molar-refractivity contribution >= 4 is 20.2 Å². The first-order valence-corrected chi connectivity index (χ1v) is 8.31. The van der Waals surface area contributed by atoms with Crippen LogP contribution in [0.15, 0.2) is 0 Å². The lowest BCUT2D eigenvalue weighted by Gasteiger charge is -2.29. The van der Waals surface area contributed by atoms with Gasteiger partial charge in [-0.1, -0.05) is 7.43 Å². The number of quaternary nitrogens is 1. The van der Waals surface area contributed by atoms with Gasteiger partial charge < -0.3 is 9.04 Å². The van der Waals surface area contributed by atoms with Crippen LogP contribution in [0.3, 0.4) is 0 Å². The number of nitrogens with zero attached hydrogens (tertiary/aromatic N) is 1. The van der Waals surface area contributed by atoms with Crippen LogP contribution in [0, 0.1) is 0 Å². The van der Waals surface area contributed by atoms with Gasteiger partial charge in [0.25, 0.3) is 10.1 Å².